The molecule has 1 unspecified atom stereocenters. The van der Waals surface area contributed by atoms with E-state index in [9.17, 15) is 9.50 Å². The van der Waals surface area contributed by atoms with E-state index in [4.69, 9.17) is 19.7 Å². The summed E-state index contributed by atoms with van der Waals surface area (Å²) in [4.78, 5) is 19.3. The number of hydrogen-bond acceptors (Lipinski definition) is 8. The van der Waals surface area contributed by atoms with Crippen molar-refractivity contribution in [2.45, 2.75) is 57.0 Å². The van der Waals surface area contributed by atoms with Crippen molar-refractivity contribution >= 4 is 27.5 Å². The van der Waals surface area contributed by atoms with E-state index < -0.39 is 11.6 Å². The lowest BCUT2D eigenvalue weighted by Crippen LogP contribution is -2.51. The van der Waals surface area contributed by atoms with Crippen LogP contribution in [0.5, 0.6) is 11.8 Å². The molecule has 4 aliphatic heterocycles. The van der Waals surface area contributed by atoms with Crippen molar-refractivity contribution in [1.82, 2.24) is 25.2 Å². The van der Waals surface area contributed by atoms with Gasteiger partial charge in [-0.2, -0.15) is 9.97 Å². The van der Waals surface area contributed by atoms with Gasteiger partial charge in [-0.15, -0.1) is 0 Å². The van der Waals surface area contributed by atoms with E-state index in [1.165, 1.54) is 12.1 Å². The van der Waals surface area contributed by atoms with Crippen LogP contribution in [0.3, 0.4) is 0 Å². The first-order chi connectivity index (χ1) is 20.4. The summed E-state index contributed by atoms with van der Waals surface area (Å²) >= 11 is 0. The standard InChI is InChI=1S/C32H34F2N6O2/c1-18-23(33)6-4-19-14-21(41)15-22(25(18)19)28-27(34)29-26-24(36-28)7-5-20-16-35-10-13-40(20)30(26)38-31(37-29)42-17-32-8-2-11-39(32)12-3-9-32/h4,6,14-15,20,35,41H,2-3,5,7-13,16-17H2,1H3. The fraction of sp³-hybridized carbons (Fsp3) is 0.469. The van der Waals surface area contributed by atoms with Gasteiger partial charge in [0.2, 0.25) is 0 Å². The molecule has 42 heavy (non-hydrogen) atoms. The normalized spacial score (nSPS) is 21.5. The largest absolute Gasteiger partial charge is 0.508 e. The van der Waals surface area contributed by atoms with E-state index >= 15 is 4.39 Å². The Morgan fingerprint density at radius 2 is 1.90 bits per heavy atom. The minimum atomic E-state index is -0.618. The average Bonchev–Trinajstić information content (AvgIpc) is 3.53. The van der Waals surface area contributed by atoms with Crippen LogP contribution in [0.2, 0.25) is 0 Å². The number of nitrogens with zero attached hydrogens (tertiary/aromatic N) is 5. The average molecular weight is 573 g/mol. The summed E-state index contributed by atoms with van der Waals surface area (Å²) in [6.45, 7) is 6.66. The Hall–Kier alpha value is -3.63. The van der Waals surface area contributed by atoms with Crippen LogP contribution in [-0.2, 0) is 6.42 Å². The second-order valence-electron chi connectivity index (χ2n) is 12.3. The Bertz CT molecular complexity index is 1740. The predicted octanol–water partition coefficient (Wildman–Crippen LogP) is 4.87. The second kappa shape index (κ2) is 9.70. The number of fused-ring (bicyclic) bond motifs is 4. The molecule has 8 rings (SSSR count). The Morgan fingerprint density at radius 3 is 2.74 bits per heavy atom. The number of piperazine rings is 1. The maximum atomic E-state index is 16.8. The Kier molecular flexibility index (Phi) is 6.01. The molecule has 2 N–H and O–H groups in total. The number of anilines is 1. The van der Waals surface area contributed by atoms with Crippen molar-refractivity contribution in [3.63, 3.8) is 0 Å². The van der Waals surface area contributed by atoms with E-state index in [-0.39, 0.29) is 34.6 Å². The highest BCUT2D eigenvalue weighted by molar-refractivity contribution is 6.02. The minimum absolute atomic E-state index is 0.000787. The molecule has 0 radical (unpaired) electrons. The third kappa shape index (κ3) is 3.95. The lowest BCUT2D eigenvalue weighted by Gasteiger charge is -2.36. The van der Waals surface area contributed by atoms with Crippen molar-refractivity contribution in [1.29, 1.82) is 0 Å². The van der Waals surface area contributed by atoms with E-state index in [2.05, 4.69) is 15.1 Å². The van der Waals surface area contributed by atoms with Crippen LogP contribution < -0.4 is 15.0 Å². The number of phenols is 1. The van der Waals surface area contributed by atoms with Gasteiger partial charge in [-0.1, -0.05) is 6.07 Å². The highest BCUT2D eigenvalue weighted by Crippen LogP contribution is 2.43. The molecule has 0 bridgehead atoms. The molecular weight excluding hydrogens is 538 g/mol. The second-order valence-corrected chi connectivity index (χ2v) is 12.3. The Balaban J connectivity index is 1.33. The van der Waals surface area contributed by atoms with Crippen LogP contribution in [-0.4, -0.2) is 75.9 Å². The van der Waals surface area contributed by atoms with Gasteiger partial charge >= 0.3 is 6.01 Å². The van der Waals surface area contributed by atoms with E-state index in [0.29, 0.717) is 51.8 Å². The van der Waals surface area contributed by atoms with Crippen LogP contribution >= 0.6 is 0 Å². The number of aromatic hydroxyl groups is 1. The van der Waals surface area contributed by atoms with Crippen LogP contribution in [0.15, 0.2) is 24.3 Å². The van der Waals surface area contributed by atoms with Crippen molar-refractivity contribution in [2.75, 3.05) is 44.2 Å². The smallest absolute Gasteiger partial charge is 0.319 e. The summed E-state index contributed by atoms with van der Waals surface area (Å²) in [5.41, 5.74) is 1.64. The van der Waals surface area contributed by atoms with Gasteiger partial charge in [-0.25, -0.2) is 13.8 Å². The number of aryl methyl sites for hydroxylation is 2. The number of rotatable bonds is 4. The molecular formula is C32H34F2N6O2. The molecule has 4 aromatic rings. The SMILES string of the molecule is Cc1c(F)ccc2cc(O)cc(-c3nc4c5c(nc(OCC67CCCN6CCC7)nc5c3F)N3CCNCC3CC4)c12. The quantitative estimate of drug-likeness (QED) is 0.358. The number of benzene rings is 2. The molecule has 3 fully saturated rings. The molecule has 0 amide bonds. The molecule has 6 heterocycles. The van der Waals surface area contributed by atoms with Gasteiger partial charge in [0.1, 0.15) is 35.2 Å². The molecule has 3 saturated heterocycles. The van der Waals surface area contributed by atoms with Gasteiger partial charge in [0, 0.05) is 31.2 Å². The van der Waals surface area contributed by atoms with E-state index in [1.54, 1.807) is 19.1 Å². The van der Waals surface area contributed by atoms with E-state index in [0.717, 1.165) is 64.8 Å². The molecule has 2 aromatic carbocycles. The molecule has 4 aliphatic rings. The summed E-state index contributed by atoms with van der Waals surface area (Å²) < 4.78 is 38.0. The van der Waals surface area contributed by atoms with Gasteiger partial charge in [0.25, 0.3) is 0 Å². The number of pyridine rings is 1. The first-order valence-corrected chi connectivity index (χ1v) is 15.1. The summed E-state index contributed by atoms with van der Waals surface area (Å²) in [5, 5.41) is 15.8. The molecule has 218 valence electrons. The number of ether oxygens (including phenoxy) is 1. The molecule has 0 aliphatic carbocycles. The van der Waals surface area contributed by atoms with Crippen molar-refractivity contribution in [3.8, 4) is 23.0 Å². The maximum absolute atomic E-state index is 16.8. The van der Waals surface area contributed by atoms with Crippen LogP contribution in [0.4, 0.5) is 14.6 Å². The molecule has 0 spiro atoms. The Morgan fingerprint density at radius 1 is 1.07 bits per heavy atom. The fourth-order valence-electron chi connectivity index (χ4n) is 7.89. The summed E-state index contributed by atoms with van der Waals surface area (Å²) in [6.07, 6.45) is 5.91. The first-order valence-electron chi connectivity index (χ1n) is 15.1. The van der Waals surface area contributed by atoms with Gasteiger partial charge in [-0.05, 0) is 93.1 Å². The minimum Gasteiger partial charge on any atom is -0.508 e. The van der Waals surface area contributed by atoms with Crippen LogP contribution in [0, 0.1) is 18.6 Å². The van der Waals surface area contributed by atoms with Crippen LogP contribution in [0.1, 0.15) is 43.4 Å². The Labute approximate surface area is 242 Å². The topological polar surface area (TPSA) is 86.6 Å². The lowest BCUT2D eigenvalue weighted by molar-refractivity contribution is 0.108. The predicted molar refractivity (Wildman–Crippen MR) is 157 cm³/mol. The van der Waals surface area contributed by atoms with E-state index in [1.807, 2.05) is 0 Å². The molecule has 2 aromatic heterocycles. The number of halogens is 2. The number of phenolic OH excluding ortho intramolecular Hbond substituents is 1. The number of aromatic nitrogens is 3. The summed E-state index contributed by atoms with van der Waals surface area (Å²) in [5.74, 6) is -0.385. The lowest BCUT2D eigenvalue weighted by atomic mass is 9.95. The zero-order chi connectivity index (χ0) is 28.6. The third-order valence-corrected chi connectivity index (χ3v) is 9.99. The summed E-state index contributed by atoms with van der Waals surface area (Å²) in [7, 11) is 0. The fourth-order valence-corrected chi connectivity index (χ4v) is 7.89. The molecule has 10 heteroatoms. The zero-order valence-electron chi connectivity index (χ0n) is 23.7. The van der Waals surface area contributed by atoms with Gasteiger partial charge in [0.15, 0.2) is 5.82 Å². The molecule has 0 saturated carbocycles. The highest BCUT2D eigenvalue weighted by atomic mass is 19.1. The van der Waals surface area contributed by atoms with Crippen molar-refractivity contribution in [2.24, 2.45) is 0 Å². The maximum Gasteiger partial charge on any atom is 0.319 e. The first kappa shape index (κ1) is 26.0. The highest BCUT2D eigenvalue weighted by Gasteiger charge is 2.45. The third-order valence-electron chi connectivity index (χ3n) is 9.99. The van der Waals surface area contributed by atoms with Gasteiger partial charge < -0.3 is 20.1 Å². The monoisotopic (exact) mass is 572 g/mol. The molecule has 8 nitrogen and oxygen atoms in total. The van der Waals surface area contributed by atoms with Crippen molar-refractivity contribution in [3.05, 3.63) is 47.2 Å². The van der Waals surface area contributed by atoms with Crippen molar-refractivity contribution < 1.29 is 18.6 Å². The van der Waals surface area contributed by atoms with Gasteiger partial charge in [0.05, 0.1) is 16.6 Å². The van der Waals surface area contributed by atoms with Gasteiger partial charge in [-0.3, -0.25) is 4.90 Å². The number of nitrogens with one attached hydrogen (secondary N) is 1. The van der Waals surface area contributed by atoms with Crippen LogP contribution in [0.25, 0.3) is 32.9 Å². The number of hydrogen-bond donors (Lipinski definition) is 2. The zero-order valence-corrected chi connectivity index (χ0v) is 23.7. The molecule has 1 atom stereocenters. The summed E-state index contributed by atoms with van der Waals surface area (Å²) in [6, 6.07) is 6.35.